The van der Waals surface area contributed by atoms with Crippen molar-refractivity contribution < 1.29 is 9.72 Å². The minimum Gasteiger partial charge on any atom is -0.355 e. The number of nitro groups is 1. The maximum Gasteiger partial charge on any atom is 0.334 e. The molecule has 1 heterocycles. The van der Waals surface area contributed by atoms with Crippen molar-refractivity contribution >= 4 is 17.4 Å². The second kappa shape index (κ2) is 5.48. The summed E-state index contributed by atoms with van der Waals surface area (Å²) in [7, 11) is 1.63. The second-order valence-electron chi connectivity index (χ2n) is 5.31. The average molecular weight is 281 g/mol. The molecule has 0 spiro atoms. The zero-order valence-corrected chi connectivity index (χ0v) is 11.8. The van der Waals surface area contributed by atoms with Gasteiger partial charge in [0.05, 0.1) is 11.5 Å². The van der Waals surface area contributed by atoms with Gasteiger partial charge in [0, 0.05) is 19.0 Å². The van der Waals surface area contributed by atoms with Crippen LogP contribution in [0, 0.1) is 10.1 Å². The quantitative estimate of drug-likeness (QED) is 0.601. The molecule has 0 aliphatic heterocycles. The molecule has 0 radical (unpaired) electrons. The van der Waals surface area contributed by atoms with Crippen molar-refractivity contribution in [2.45, 2.75) is 38.6 Å². The molecule has 110 valence electrons. The first-order chi connectivity index (χ1) is 9.40. The van der Waals surface area contributed by atoms with E-state index in [1.54, 1.807) is 7.05 Å². The lowest BCUT2D eigenvalue weighted by Gasteiger charge is -2.06. The van der Waals surface area contributed by atoms with Crippen LogP contribution in [0.25, 0.3) is 0 Å². The number of carbonyl (C=O) groups is 1. The number of aryl methyl sites for hydroxylation is 1. The molecule has 2 rings (SSSR count). The van der Waals surface area contributed by atoms with Crippen molar-refractivity contribution in [1.82, 2.24) is 15.1 Å². The van der Waals surface area contributed by atoms with Gasteiger partial charge in [0.1, 0.15) is 5.69 Å². The number of rotatable bonds is 6. The lowest BCUT2D eigenvalue weighted by atomic mass is 10.1. The Labute approximate surface area is 116 Å². The van der Waals surface area contributed by atoms with E-state index in [0.29, 0.717) is 5.69 Å². The first-order valence-corrected chi connectivity index (χ1v) is 6.64. The molecule has 1 aliphatic carbocycles. The SMILES string of the molecule is CC(C)c1nn(C)c(NCC(=O)NC2CC2)c1[N+](=O)[O-]. The van der Waals surface area contributed by atoms with E-state index in [0.717, 1.165) is 12.8 Å². The van der Waals surface area contributed by atoms with Gasteiger partial charge in [-0.2, -0.15) is 5.10 Å². The molecule has 0 saturated heterocycles. The molecular weight excluding hydrogens is 262 g/mol. The Morgan fingerprint density at radius 2 is 2.20 bits per heavy atom. The molecule has 0 bridgehead atoms. The van der Waals surface area contributed by atoms with Crippen LogP contribution in [-0.2, 0) is 11.8 Å². The first-order valence-electron chi connectivity index (χ1n) is 6.64. The predicted octanol–water partition coefficient (Wildman–Crippen LogP) is 1.14. The van der Waals surface area contributed by atoms with Crippen LogP contribution < -0.4 is 10.6 Å². The zero-order valence-electron chi connectivity index (χ0n) is 11.8. The summed E-state index contributed by atoms with van der Waals surface area (Å²) in [5.74, 6) is 0.0520. The van der Waals surface area contributed by atoms with Crippen molar-refractivity contribution in [3.8, 4) is 0 Å². The summed E-state index contributed by atoms with van der Waals surface area (Å²) in [6.07, 6.45) is 2.02. The van der Waals surface area contributed by atoms with Crippen molar-refractivity contribution in [2.75, 3.05) is 11.9 Å². The van der Waals surface area contributed by atoms with E-state index in [1.807, 2.05) is 13.8 Å². The maximum atomic E-state index is 11.6. The Balaban J connectivity index is 2.13. The molecule has 0 unspecified atom stereocenters. The van der Waals surface area contributed by atoms with E-state index in [1.165, 1.54) is 4.68 Å². The standard InChI is InChI=1S/C12H19N5O3/c1-7(2)10-11(17(19)20)12(16(3)15-10)13-6-9(18)14-8-4-5-8/h7-8,13H,4-6H2,1-3H3,(H,14,18). The molecular formula is C12H19N5O3. The zero-order chi connectivity index (χ0) is 14.9. The third-order valence-corrected chi connectivity index (χ3v) is 3.14. The van der Waals surface area contributed by atoms with E-state index >= 15 is 0 Å². The van der Waals surface area contributed by atoms with Crippen molar-refractivity contribution in [3.05, 3.63) is 15.8 Å². The monoisotopic (exact) mass is 281 g/mol. The van der Waals surface area contributed by atoms with Gasteiger partial charge in [0.15, 0.2) is 0 Å². The third kappa shape index (κ3) is 3.06. The number of carbonyl (C=O) groups excluding carboxylic acids is 1. The second-order valence-corrected chi connectivity index (χ2v) is 5.31. The van der Waals surface area contributed by atoms with Crippen LogP contribution in [0.15, 0.2) is 0 Å². The number of amides is 1. The highest BCUT2D eigenvalue weighted by Gasteiger charge is 2.29. The largest absolute Gasteiger partial charge is 0.355 e. The number of aromatic nitrogens is 2. The number of hydrogen-bond acceptors (Lipinski definition) is 5. The fourth-order valence-corrected chi connectivity index (χ4v) is 1.97. The van der Waals surface area contributed by atoms with Crippen LogP contribution in [0.1, 0.15) is 38.3 Å². The van der Waals surface area contributed by atoms with Gasteiger partial charge in [-0.05, 0) is 12.8 Å². The van der Waals surface area contributed by atoms with Crippen LogP contribution in [0.5, 0.6) is 0 Å². The van der Waals surface area contributed by atoms with E-state index in [2.05, 4.69) is 15.7 Å². The first kappa shape index (κ1) is 14.3. The van der Waals surface area contributed by atoms with E-state index < -0.39 is 4.92 Å². The van der Waals surface area contributed by atoms with Gasteiger partial charge in [0.25, 0.3) is 0 Å². The molecule has 1 aromatic heterocycles. The molecule has 1 saturated carbocycles. The normalized spacial score (nSPS) is 14.4. The lowest BCUT2D eigenvalue weighted by molar-refractivity contribution is -0.384. The molecule has 20 heavy (non-hydrogen) atoms. The van der Waals surface area contributed by atoms with Gasteiger partial charge in [-0.25, -0.2) is 4.68 Å². The van der Waals surface area contributed by atoms with Crippen LogP contribution in [0.3, 0.4) is 0 Å². The lowest BCUT2D eigenvalue weighted by Crippen LogP contribution is -2.31. The highest BCUT2D eigenvalue weighted by Crippen LogP contribution is 2.32. The summed E-state index contributed by atoms with van der Waals surface area (Å²) in [5.41, 5.74) is 0.365. The number of anilines is 1. The van der Waals surface area contributed by atoms with Crippen LogP contribution in [0.2, 0.25) is 0 Å². The van der Waals surface area contributed by atoms with Gasteiger partial charge < -0.3 is 10.6 Å². The molecule has 8 heteroatoms. The minimum atomic E-state index is -0.455. The fraction of sp³-hybridized carbons (Fsp3) is 0.667. The Morgan fingerprint density at radius 1 is 1.55 bits per heavy atom. The fourth-order valence-electron chi connectivity index (χ4n) is 1.97. The number of nitrogens with zero attached hydrogens (tertiary/aromatic N) is 3. The van der Waals surface area contributed by atoms with Crippen molar-refractivity contribution in [1.29, 1.82) is 0 Å². The summed E-state index contributed by atoms with van der Waals surface area (Å²) in [4.78, 5) is 22.4. The Bertz CT molecular complexity index is 533. The maximum absolute atomic E-state index is 11.6. The molecule has 0 atom stereocenters. The van der Waals surface area contributed by atoms with Crippen LogP contribution in [-0.4, -0.2) is 33.2 Å². The van der Waals surface area contributed by atoms with Gasteiger partial charge in [-0.15, -0.1) is 0 Å². The molecule has 1 aromatic rings. The third-order valence-electron chi connectivity index (χ3n) is 3.14. The van der Waals surface area contributed by atoms with E-state index in [9.17, 15) is 14.9 Å². The molecule has 8 nitrogen and oxygen atoms in total. The number of hydrogen-bond donors (Lipinski definition) is 2. The molecule has 1 aliphatic rings. The van der Waals surface area contributed by atoms with E-state index in [4.69, 9.17) is 0 Å². The van der Waals surface area contributed by atoms with Crippen LogP contribution in [0.4, 0.5) is 11.5 Å². The van der Waals surface area contributed by atoms with Gasteiger partial charge in [0.2, 0.25) is 11.7 Å². The molecule has 2 N–H and O–H groups in total. The summed E-state index contributed by atoms with van der Waals surface area (Å²) in [6, 6.07) is 0.275. The Hall–Kier alpha value is -2.12. The Morgan fingerprint density at radius 3 is 2.70 bits per heavy atom. The highest BCUT2D eigenvalue weighted by molar-refractivity contribution is 5.81. The van der Waals surface area contributed by atoms with Gasteiger partial charge in [-0.3, -0.25) is 14.9 Å². The van der Waals surface area contributed by atoms with Crippen LogP contribution >= 0.6 is 0 Å². The summed E-state index contributed by atoms with van der Waals surface area (Å²) in [6.45, 7) is 3.70. The highest BCUT2D eigenvalue weighted by atomic mass is 16.6. The topological polar surface area (TPSA) is 102 Å². The summed E-state index contributed by atoms with van der Waals surface area (Å²) < 4.78 is 1.41. The van der Waals surface area contributed by atoms with E-state index in [-0.39, 0.29) is 35.9 Å². The van der Waals surface area contributed by atoms with Gasteiger partial charge in [-0.1, -0.05) is 13.8 Å². The molecule has 1 fully saturated rings. The van der Waals surface area contributed by atoms with Gasteiger partial charge >= 0.3 is 5.69 Å². The summed E-state index contributed by atoms with van der Waals surface area (Å²) >= 11 is 0. The molecule has 0 aromatic carbocycles. The number of nitrogens with one attached hydrogen (secondary N) is 2. The van der Waals surface area contributed by atoms with Crippen molar-refractivity contribution in [2.24, 2.45) is 7.05 Å². The summed E-state index contributed by atoms with van der Waals surface area (Å²) in [5, 5.41) is 21.0. The minimum absolute atomic E-state index is 0.00834. The average Bonchev–Trinajstić information content (AvgIpc) is 3.08. The molecule has 1 amide bonds. The predicted molar refractivity (Wildman–Crippen MR) is 73.6 cm³/mol. The Kier molecular flexibility index (Phi) is 3.91. The smallest absolute Gasteiger partial charge is 0.334 e. The van der Waals surface area contributed by atoms with Crippen molar-refractivity contribution in [3.63, 3.8) is 0 Å².